The summed E-state index contributed by atoms with van der Waals surface area (Å²) in [6, 6.07) is 3.30. The van der Waals surface area contributed by atoms with Gasteiger partial charge in [0.25, 0.3) is 0 Å². The lowest BCUT2D eigenvalue weighted by atomic mass is 10.2. The van der Waals surface area contributed by atoms with Crippen LogP contribution >= 0.6 is 11.6 Å². The highest BCUT2D eigenvalue weighted by Gasteiger charge is 2.13. The minimum absolute atomic E-state index is 0.0896. The van der Waals surface area contributed by atoms with E-state index in [1.807, 2.05) is 13.8 Å². The van der Waals surface area contributed by atoms with Gasteiger partial charge in [-0.05, 0) is 19.1 Å². The van der Waals surface area contributed by atoms with Crippen LogP contribution in [-0.4, -0.2) is 9.97 Å². The molecule has 20 heavy (non-hydrogen) atoms. The molecular weight excluding hydrogens is 284 g/mol. The summed E-state index contributed by atoms with van der Waals surface area (Å²) in [6.45, 7) is 5.60. The Morgan fingerprint density at radius 2 is 1.90 bits per heavy atom. The third kappa shape index (κ3) is 3.04. The van der Waals surface area contributed by atoms with Gasteiger partial charge in [0.2, 0.25) is 0 Å². The molecule has 1 aromatic carbocycles. The zero-order valence-electron chi connectivity index (χ0n) is 11.3. The van der Waals surface area contributed by atoms with E-state index in [-0.39, 0.29) is 11.6 Å². The molecule has 0 aliphatic rings. The lowest BCUT2D eigenvalue weighted by Crippen LogP contribution is -2.06. The van der Waals surface area contributed by atoms with E-state index in [1.54, 1.807) is 6.92 Å². The second-order valence-corrected chi connectivity index (χ2v) is 5.11. The average molecular weight is 298 g/mol. The second kappa shape index (κ2) is 5.71. The Hall–Kier alpha value is -1.75. The van der Waals surface area contributed by atoms with Gasteiger partial charge in [0.05, 0.1) is 5.69 Å². The fraction of sp³-hybridized carbons (Fsp3) is 0.286. The molecule has 0 amide bonds. The van der Waals surface area contributed by atoms with E-state index in [2.05, 4.69) is 15.3 Å². The number of nitrogens with one attached hydrogen (secondary N) is 1. The molecule has 0 bridgehead atoms. The van der Waals surface area contributed by atoms with Crippen molar-refractivity contribution in [2.45, 2.75) is 26.7 Å². The molecule has 0 unspecified atom stereocenters. The highest BCUT2D eigenvalue weighted by molar-refractivity contribution is 6.30. The summed E-state index contributed by atoms with van der Waals surface area (Å²) in [7, 11) is 0. The lowest BCUT2D eigenvalue weighted by Gasteiger charge is -2.13. The molecule has 0 radical (unpaired) electrons. The van der Waals surface area contributed by atoms with Crippen LogP contribution in [-0.2, 0) is 0 Å². The van der Waals surface area contributed by atoms with Gasteiger partial charge in [-0.15, -0.1) is 0 Å². The van der Waals surface area contributed by atoms with Gasteiger partial charge in [-0.25, -0.2) is 18.7 Å². The molecule has 0 atom stereocenters. The molecule has 0 aliphatic heterocycles. The number of halogens is 3. The lowest BCUT2D eigenvalue weighted by molar-refractivity contribution is 0.586. The molecule has 0 spiro atoms. The van der Waals surface area contributed by atoms with Gasteiger partial charge < -0.3 is 5.32 Å². The van der Waals surface area contributed by atoms with Gasteiger partial charge >= 0.3 is 0 Å². The van der Waals surface area contributed by atoms with E-state index < -0.39 is 11.6 Å². The van der Waals surface area contributed by atoms with Crippen molar-refractivity contribution in [2.24, 2.45) is 0 Å². The number of hydrogen-bond donors (Lipinski definition) is 1. The number of hydrogen-bond acceptors (Lipinski definition) is 3. The van der Waals surface area contributed by atoms with E-state index in [0.29, 0.717) is 22.4 Å². The first-order chi connectivity index (χ1) is 9.38. The summed E-state index contributed by atoms with van der Waals surface area (Å²) in [6.07, 6.45) is 0. The van der Waals surface area contributed by atoms with Gasteiger partial charge in [0.1, 0.15) is 28.4 Å². The maximum atomic E-state index is 13.6. The first kappa shape index (κ1) is 14.7. The fourth-order valence-corrected chi connectivity index (χ4v) is 1.78. The van der Waals surface area contributed by atoms with Crippen molar-refractivity contribution in [1.82, 2.24) is 9.97 Å². The number of aromatic nitrogens is 2. The fourth-order valence-electron chi connectivity index (χ4n) is 1.60. The summed E-state index contributed by atoms with van der Waals surface area (Å²) >= 11 is 6.05. The van der Waals surface area contributed by atoms with Crippen molar-refractivity contribution in [1.29, 1.82) is 0 Å². The van der Waals surface area contributed by atoms with Gasteiger partial charge in [-0.1, -0.05) is 25.4 Å². The number of nitrogens with zero attached hydrogens (tertiary/aromatic N) is 2. The number of rotatable bonds is 3. The Morgan fingerprint density at radius 1 is 1.20 bits per heavy atom. The first-order valence-corrected chi connectivity index (χ1v) is 6.52. The van der Waals surface area contributed by atoms with Crippen LogP contribution in [0.4, 0.5) is 20.3 Å². The molecule has 1 heterocycles. The van der Waals surface area contributed by atoms with Crippen LogP contribution in [0.2, 0.25) is 5.15 Å². The van der Waals surface area contributed by atoms with Crippen LogP contribution in [0.1, 0.15) is 31.2 Å². The Labute approximate surface area is 121 Å². The summed E-state index contributed by atoms with van der Waals surface area (Å²) in [5, 5.41) is 3.14. The molecule has 3 nitrogen and oxygen atoms in total. The molecular formula is C14H14ClF2N3. The summed E-state index contributed by atoms with van der Waals surface area (Å²) in [5.41, 5.74) is 0.749. The topological polar surface area (TPSA) is 37.8 Å². The molecule has 0 saturated heterocycles. The molecule has 2 aromatic rings. The number of benzene rings is 1. The van der Waals surface area contributed by atoms with E-state index in [0.717, 1.165) is 6.07 Å². The van der Waals surface area contributed by atoms with Crippen molar-refractivity contribution in [3.63, 3.8) is 0 Å². The van der Waals surface area contributed by atoms with E-state index in [4.69, 9.17) is 11.6 Å². The predicted octanol–water partition coefficient (Wildman–Crippen LogP) is 4.58. The quantitative estimate of drug-likeness (QED) is 0.842. The SMILES string of the molecule is Cc1c(Cl)nc(C(C)C)nc1Nc1ccc(F)cc1F. The molecule has 0 fully saturated rings. The summed E-state index contributed by atoms with van der Waals surface area (Å²) in [4.78, 5) is 8.50. The average Bonchev–Trinajstić information content (AvgIpc) is 2.37. The third-order valence-corrected chi connectivity index (χ3v) is 3.17. The van der Waals surface area contributed by atoms with Crippen LogP contribution in [0.15, 0.2) is 18.2 Å². The predicted molar refractivity (Wildman–Crippen MR) is 75.5 cm³/mol. The monoisotopic (exact) mass is 297 g/mol. The highest BCUT2D eigenvalue weighted by Crippen LogP contribution is 2.27. The molecule has 1 N–H and O–H groups in total. The molecule has 0 aliphatic carbocycles. The van der Waals surface area contributed by atoms with Gasteiger partial charge in [-0.2, -0.15) is 0 Å². The van der Waals surface area contributed by atoms with Gasteiger partial charge in [0.15, 0.2) is 0 Å². The van der Waals surface area contributed by atoms with Crippen LogP contribution in [0.5, 0.6) is 0 Å². The van der Waals surface area contributed by atoms with Crippen molar-refractivity contribution < 1.29 is 8.78 Å². The van der Waals surface area contributed by atoms with E-state index in [1.165, 1.54) is 12.1 Å². The number of anilines is 2. The molecule has 106 valence electrons. The first-order valence-electron chi connectivity index (χ1n) is 6.14. The zero-order valence-corrected chi connectivity index (χ0v) is 12.1. The third-order valence-electron chi connectivity index (χ3n) is 2.80. The summed E-state index contributed by atoms with van der Waals surface area (Å²) in [5.74, 6) is -0.255. The smallest absolute Gasteiger partial charge is 0.149 e. The van der Waals surface area contributed by atoms with Gasteiger partial charge in [-0.3, -0.25) is 0 Å². The molecule has 2 rings (SSSR count). The van der Waals surface area contributed by atoms with Crippen LogP contribution in [0.25, 0.3) is 0 Å². The molecule has 1 aromatic heterocycles. The highest BCUT2D eigenvalue weighted by atomic mass is 35.5. The van der Waals surface area contributed by atoms with Crippen LogP contribution in [0, 0.1) is 18.6 Å². The Bertz CT molecular complexity index is 645. The second-order valence-electron chi connectivity index (χ2n) is 4.75. The van der Waals surface area contributed by atoms with E-state index in [9.17, 15) is 8.78 Å². The molecule has 0 saturated carbocycles. The Kier molecular flexibility index (Phi) is 4.18. The van der Waals surface area contributed by atoms with Crippen molar-refractivity contribution in [2.75, 3.05) is 5.32 Å². The Balaban J connectivity index is 2.42. The maximum absolute atomic E-state index is 13.6. The van der Waals surface area contributed by atoms with Crippen LogP contribution < -0.4 is 5.32 Å². The van der Waals surface area contributed by atoms with Crippen molar-refractivity contribution >= 4 is 23.1 Å². The Morgan fingerprint density at radius 3 is 2.50 bits per heavy atom. The van der Waals surface area contributed by atoms with Crippen molar-refractivity contribution in [3.8, 4) is 0 Å². The maximum Gasteiger partial charge on any atom is 0.149 e. The largest absolute Gasteiger partial charge is 0.337 e. The van der Waals surface area contributed by atoms with Crippen LogP contribution in [0.3, 0.4) is 0 Å². The summed E-state index contributed by atoms with van der Waals surface area (Å²) < 4.78 is 26.5. The standard InChI is InChI=1S/C14H14ClF2N3/c1-7(2)13-19-12(15)8(3)14(20-13)18-11-5-4-9(16)6-10(11)17/h4-7H,1-3H3,(H,18,19,20). The minimum Gasteiger partial charge on any atom is -0.337 e. The van der Waals surface area contributed by atoms with Crippen molar-refractivity contribution in [3.05, 3.63) is 46.4 Å². The minimum atomic E-state index is -0.690. The molecule has 6 heteroatoms. The normalized spacial score (nSPS) is 10.9. The van der Waals surface area contributed by atoms with Gasteiger partial charge in [0, 0.05) is 17.5 Å². The zero-order chi connectivity index (χ0) is 14.9. The van der Waals surface area contributed by atoms with E-state index >= 15 is 0 Å².